The second kappa shape index (κ2) is 16.3. The highest BCUT2D eigenvalue weighted by molar-refractivity contribution is 5.80. The zero-order valence-corrected chi connectivity index (χ0v) is 23.5. The van der Waals surface area contributed by atoms with E-state index in [0.29, 0.717) is 32.6 Å². The molecule has 0 radical (unpaired) electrons. The molecule has 0 saturated heterocycles. The third-order valence-electron chi connectivity index (χ3n) is 7.25. The van der Waals surface area contributed by atoms with Crippen molar-refractivity contribution in [2.45, 2.75) is 65.9 Å². The normalized spacial score (nSPS) is 18.9. The van der Waals surface area contributed by atoms with Gasteiger partial charge in [-0.05, 0) is 62.3 Å². The molecule has 0 saturated carbocycles. The lowest BCUT2D eigenvalue weighted by molar-refractivity contribution is -0.131. The molecule has 206 valence electrons. The molecular weight excluding hydrogens is 464 g/mol. The van der Waals surface area contributed by atoms with Gasteiger partial charge in [-0.25, -0.2) is 0 Å². The molecule has 2 rings (SSSR count). The van der Waals surface area contributed by atoms with E-state index in [9.17, 15) is 14.7 Å². The molecule has 2 aliphatic rings. The Balaban J connectivity index is 2.03. The van der Waals surface area contributed by atoms with Crippen LogP contribution in [0.1, 0.15) is 59.8 Å². The molecule has 2 heterocycles. The average Bonchev–Trinajstić information content (AvgIpc) is 3.02. The van der Waals surface area contributed by atoms with Crippen LogP contribution in [0.15, 0.2) is 58.9 Å². The summed E-state index contributed by atoms with van der Waals surface area (Å²) in [6.07, 6.45) is 12.5. The molecule has 0 aliphatic carbocycles. The minimum absolute atomic E-state index is 0.0405. The van der Waals surface area contributed by atoms with E-state index >= 15 is 0 Å². The topological polar surface area (TPSA) is 76.1 Å². The molecule has 37 heavy (non-hydrogen) atoms. The zero-order valence-electron chi connectivity index (χ0n) is 23.5. The summed E-state index contributed by atoms with van der Waals surface area (Å²) >= 11 is 0. The Morgan fingerprint density at radius 3 is 2.57 bits per heavy atom. The van der Waals surface area contributed by atoms with Gasteiger partial charge in [-0.1, -0.05) is 44.2 Å². The Labute approximate surface area is 224 Å². The number of hydrogen-bond acceptors (Lipinski definition) is 5. The van der Waals surface area contributed by atoms with Crippen LogP contribution < -0.4 is 5.32 Å². The van der Waals surface area contributed by atoms with Crippen molar-refractivity contribution in [2.75, 3.05) is 52.4 Å². The van der Waals surface area contributed by atoms with Crippen LogP contribution in [-0.4, -0.2) is 90.6 Å². The predicted octanol–water partition coefficient (Wildman–Crippen LogP) is 3.80. The van der Waals surface area contributed by atoms with Gasteiger partial charge in [0.2, 0.25) is 12.3 Å². The predicted molar refractivity (Wildman–Crippen MR) is 152 cm³/mol. The van der Waals surface area contributed by atoms with Gasteiger partial charge in [0, 0.05) is 58.1 Å². The van der Waals surface area contributed by atoms with Crippen molar-refractivity contribution < 1.29 is 14.7 Å². The number of aliphatic hydroxyl groups is 1. The van der Waals surface area contributed by atoms with Crippen molar-refractivity contribution in [2.24, 2.45) is 0 Å². The molecule has 0 aromatic rings. The third kappa shape index (κ3) is 9.63. The van der Waals surface area contributed by atoms with Crippen LogP contribution >= 0.6 is 0 Å². The van der Waals surface area contributed by atoms with Crippen molar-refractivity contribution in [3.8, 4) is 0 Å². The van der Waals surface area contributed by atoms with Gasteiger partial charge < -0.3 is 20.2 Å². The maximum atomic E-state index is 13.1. The smallest absolute Gasteiger partial charge is 0.227 e. The van der Waals surface area contributed by atoms with E-state index < -0.39 is 6.10 Å². The fourth-order valence-corrected chi connectivity index (χ4v) is 5.24. The van der Waals surface area contributed by atoms with Gasteiger partial charge in [0.1, 0.15) is 0 Å². The summed E-state index contributed by atoms with van der Waals surface area (Å²) in [5.41, 5.74) is 6.05. The minimum Gasteiger partial charge on any atom is -0.390 e. The molecule has 0 fully saturated rings. The summed E-state index contributed by atoms with van der Waals surface area (Å²) in [4.78, 5) is 30.1. The molecule has 1 unspecified atom stereocenters. The Morgan fingerprint density at radius 1 is 1.16 bits per heavy atom. The summed E-state index contributed by atoms with van der Waals surface area (Å²) < 4.78 is 0. The quantitative estimate of drug-likeness (QED) is 0.258. The Kier molecular flexibility index (Phi) is 13.4. The van der Waals surface area contributed by atoms with Crippen LogP contribution in [-0.2, 0) is 9.59 Å². The highest BCUT2D eigenvalue weighted by Crippen LogP contribution is 2.25. The Hall–Kier alpha value is -2.64. The van der Waals surface area contributed by atoms with Crippen molar-refractivity contribution in [1.29, 1.82) is 0 Å². The summed E-state index contributed by atoms with van der Waals surface area (Å²) in [7, 11) is 0. The molecule has 0 aromatic heterocycles. The summed E-state index contributed by atoms with van der Waals surface area (Å²) in [6, 6.07) is 0. The van der Waals surface area contributed by atoms with Gasteiger partial charge >= 0.3 is 0 Å². The second-order valence-corrected chi connectivity index (χ2v) is 9.99. The van der Waals surface area contributed by atoms with E-state index in [1.54, 1.807) is 6.08 Å². The molecule has 0 bridgehead atoms. The van der Waals surface area contributed by atoms with E-state index in [4.69, 9.17) is 0 Å². The number of rotatable bonds is 15. The van der Waals surface area contributed by atoms with Crippen LogP contribution in [0, 0.1) is 0 Å². The van der Waals surface area contributed by atoms with Gasteiger partial charge in [0.15, 0.2) is 0 Å². The largest absolute Gasteiger partial charge is 0.390 e. The van der Waals surface area contributed by atoms with E-state index in [0.717, 1.165) is 75.1 Å². The van der Waals surface area contributed by atoms with E-state index in [1.165, 1.54) is 11.1 Å². The van der Waals surface area contributed by atoms with Crippen LogP contribution in [0.5, 0.6) is 0 Å². The molecule has 2 N–H and O–H groups in total. The lowest BCUT2D eigenvalue weighted by Crippen LogP contribution is -2.44. The monoisotopic (exact) mass is 512 g/mol. The standard InChI is InChI=1S/C30H48N4O3/c1-6-10-27-11-15-32(20-26(27)9-4)21-29(36)22-34-16-12-28(25(8-3)19-30(34)37)18-24(5)33(14-7-2)17-13-31-23-35/h6,8,10,18,23,29,36H,3,7,9,11-17,19-22H2,1-2,4-5H3,(H,31,35)/b10-6-,24-18+. The maximum Gasteiger partial charge on any atom is 0.227 e. The second-order valence-electron chi connectivity index (χ2n) is 9.99. The fraction of sp³-hybridized carbons (Fsp3) is 0.600. The van der Waals surface area contributed by atoms with Crippen molar-refractivity contribution in [1.82, 2.24) is 20.0 Å². The first-order chi connectivity index (χ1) is 17.9. The van der Waals surface area contributed by atoms with Crippen molar-refractivity contribution >= 4 is 12.3 Å². The molecular formula is C30H48N4O3. The summed E-state index contributed by atoms with van der Waals surface area (Å²) in [5, 5.41) is 13.6. The molecule has 0 aromatic carbocycles. The van der Waals surface area contributed by atoms with E-state index in [-0.39, 0.29) is 5.91 Å². The summed E-state index contributed by atoms with van der Waals surface area (Å²) in [5.74, 6) is 0.0405. The minimum atomic E-state index is -0.582. The molecule has 2 amide bonds. The van der Waals surface area contributed by atoms with E-state index in [2.05, 4.69) is 67.6 Å². The number of carbonyl (C=O) groups is 2. The van der Waals surface area contributed by atoms with Crippen molar-refractivity contribution in [3.63, 3.8) is 0 Å². The van der Waals surface area contributed by atoms with Crippen LogP contribution in [0.4, 0.5) is 0 Å². The number of nitrogens with one attached hydrogen (secondary N) is 1. The van der Waals surface area contributed by atoms with Crippen LogP contribution in [0.3, 0.4) is 0 Å². The fourth-order valence-electron chi connectivity index (χ4n) is 5.24. The van der Waals surface area contributed by atoms with Gasteiger partial charge in [0.05, 0.1) is 12.5 Å². The number of nitrogens with zero attached hydrogens (tertiary/aromatic N) is 3. The van der Waals surface area contributed by atoms with E-state index in [1.807, 2.05) is 4.90 Å². The maximum absolute atomic E-state index is 13.1. The number of aliphatic hydroxyl groups excluding tert-OH is 1. The first kappa shape index (κ1) is 30.6. The number of hydrogen-bond donors (Lipinski definition) is 2. The number of carbonyl (C=O) groups excluding carboxylic acids is 2. The SMILES string of the molecule is C=CC1=C(/C=C(\C)N(CCC)CCNC=O)CCN(CC(O)CN2CCC(/C=C\C)=C(CC)C2)C(=O)C1. The first-order valence-electron chi connectivity index (χ1n) is 13.8. The lowest BCUT2D eigenvalue weighted by Gasteiger charge is -2.33. The van der Waals surface area contributed by atoms with Crippen molar-refractivity contribution in [3.05, 3.63) is 58.9 Å². The molecule has 7 nitrogen and oxygen atoms in total. The molecule has 0 spiro atoms. The third-order valence-corrected chi connectivity index (χ3v) is 7.25. The average molecular weight is 513 g/mol. The molecule has 2 aliphatic heterocycles. The number of allylic oxidation sites excluding steroid dienone is 5. The summed E-state index contributed by atoms with van der Waals surface area (Å²) in [6.45, 7) is 18.0. The number of β-amino-alcohol motifs (C(OH)–C–C–N with tert-alkyl or cyclic N) is 1. The van der Waals surface area contributed by atoms with Crippen LogP contribution in [0.2, 0.25) is 0 Å². The van der Waals surface area contributed by atoms with Gasteiger partial charge in [-0.3, -0.25) is 14.5 Å². The lowest BCUT2D eigenvalue weighted by atomic mass is 9.97. The molecule has 7 heteroatoms. The Bertz CT molecular complexity index is 903. The highest BCUT2D eigenvalue weighted by Gasteiger charge is 2.25. The highest BCUT2D eigenvalue weighted by atomic mass is 16.3. The van der Waals surface area contributed by atoms with Crippen LogP contribution in [0.25, 0.3) is 0 Å². The zero-order chi connectivity index (χ0) is 27.2. The molecule has 1 atom stereocenters. The number of amides is 2. The van der Waals surface area contributed by atoms with Gasteiger partial charge in [-0.15, -0.1) is 0 Å². The first-order valence-corrected chi connectivity index (χ1v) is 13.8. The van der Waals surface area contributed by atoms with Gasteiger partial charge in [0.25, 0.3) is 0 Å². The Morgan fingerprint density at radius 2 is 1.92 bits per heavy atom. The van der Waals surface area contributed by atoms with Gasteiger partial charge in [-0.2, -0.15) is 0 Å².